The molecule has 0 saturated carbocycles. The predicted molar refractivity (Wildman–Crippen MR) is 68.7 cm³/mol. The summed E-state index contributed by atoms with van der Waals surface area (Å²) >= 11 is 0. The Labute approximate surface area is 106 Å². The van der Waals surface area contributed by atoms with Crippen molar-refractivity contribution in [1.29, 1.82) is 0 Å². The fourth-order valence-electron chi connectivity index (χ4n) is 2.06. The number of rotatable bonds is 4. The minimum absolute atomic E-state index is 0.128. The molecular formula is C12H17N3O3. The number of nitrogens with zero attached hydrogens (tertiary/aromatic N) is 2. The van der Waals surface area contributed by atoms with Crippen molar-refractivity contribution < 1.29 is 9.66 Å². The van der Waals surface area contributed by atoms with Gasteiger partial charge in [-0.2, -0.15) is 0 Å². The van der Waals surface area contributed by atoms with Gasteiger partial charge in [0.15, 0.2) is 0 Å². The Morgan fingerprint density at radius 3 is 2.78 bits per heavy atom. The first-order chi connectivity index (χ1) is 8.70. The molecule has 1 aromatic rings. The van der Waals surface area contributed by atoms with Crippen LogP contribution in [0.15, 0.2) is 18.2 Å². The highest BCUT2D eigenvalue weighted by atomic mass is 16.6. The van der Waals surface area contributed by atoms with Crippen LogP contribution in [0.3, 0.4) is 0 Å². The minimum atomic E-state index is -0.353. The Kier molecular flexibility index (Phi) is 4.11. The highest BCUT2D eigenvalue weighted by Crippen LogP contribution is 2.25. The summed E-state index contributed by atoms with van der Waals surface area (Å²) in [7, 11) is 1.68. The van der Waals surface area contributed by atoms with E-state index >= 15 is 0 Å². The van der Waals surface area contributed by atoms with Crippen LogP contribution in [0.25, 0.3) is 0 Å². The van der Waals surface area contributed by atoms with E-state index in [1.165, 1.54) is 0 Å². The molecule has 0 unspecified atom stereocenters. The molecule has 0 spiro atoms. The van der Waals surface area contributed by atoms with Gasteiger partial charge in [-0.05, 0) is 11.6 Å². The van der Waals surface area contributed by atoms with Gasteiger partial charge in [0.1, 0.15) is 5.69 Å². The van der Waals surface area contributed by atoms with Gasteiger partial charge in [0.05, 0.1) is 18.1 Å². The second-order valence-corrected chi connectivity index (χ2v) is 4.25. The predicted octanol–water partition coefficient (Wildman–Crippen LogP) is 1.47. The molecule has 98 valence electrons. The van der Waals surface area contributed by atoms with Gasteiger partial charge >= 0.3 is 0 Å². The second-order valence-electron chi connectivity index (χ2n) is 4.25. The van der Waals surface area contributed by atoms with Crippen LogP contribution in [0.1, 0.15) is 5.56 Å². The molecule has 1 fully saturated rings. The first-order valence-corrected chi connectivity index (χ1v) is 5.96. The zero-order chi connectivity index (χ0) is 13.0. The van der Waals surface area contributed by atoms with Crippen LogP contribution in [0, 0.1) is 10.1 Å². The Bertz CT molecular complexity index is 431. The maximum absolute atomic E-state index is 11.0. The van der Waals surface area contributed by atoms with Crippen molar-refractivity contribution in [3.63, 3.8) is 0 Å². The topological polar surface area (TPSA) is 67.6 Å². The standard InChI is InChI=1S/C12H17N3O3/c1-13-11-3-2-10(8-12(11)15(16)17)9-14-4-6-18-7-5-14/h2-3,8,13H,4-7,9H2,1H3. The number of benzene rings is 1. The average molecular weight is 251 g/mol. The normalized spacial score (nSPS) is 16.5. The molecule has 1 N–H and O–H groups in total. The first kappa shape index (κ1) is 12.8. The van der Waals surface area contributed by atoms with E-state index in [-0.39, 0.29) is 10.6 Å². The number of nitrogens with one attached hydrogen (secondary N) is 1. The number of hydrogen-bond acceptors (Lipinski definition) is 5. The van der Waals surface area contributed by atoms with E-state index < -0.39 is 0 Å². The Morgan fingerprint density at radius 2 is 2.17 bits per heavy atom. The van der Waals surface area contributed by atoms with E-state index in [9.17, 15) is 10.1 Å². The lowest BCUT2D eigenvalue weighted by atomic mass is 10.1. The van der Waals surface area contributed by atoms with Crippen molar-refractivity contribution in [1.82, 2.24) is 4.90 Å². The van der Waals surface area contributed by atoms with Gasteiger partial charge in [0.2, 0.25) is 0 Å². The molecule has 0 aliphatic carbocycles. The van der Waals surface area contributed by atoms with Crippen LogP contribution < -0.4 is 5.32 Å². The Balaban J connectivity index is 2.13. The quantitative estimate of drug-likeness (QED) is 0.648. The van der Waals surface area contributed by atoms with Crippen LogP contribution >= 0.6 is 0 Å². The zero-order valence-electron chi connectivity index (χ0n) is 10.4. The van der Waals surface area contributed by atoms with E-state index in [4.69, 9.17) is 4.74 Å². The lowest BCUT2D eigenvalue weighted by Crippen LogP contribution is -2.35. The van der Waals surface area contributed by atoms with Gasteiger partial charge in [-0.1, -0.05) is 6.07 Å². The van der Waals surface area contributed by atoms with Crippen LogP contribution in [-0.2, 0) is 11.3 Å². The molecule has 1 aromatic carbocycles. The Morgan fingerprint density at radius 1 is 1.44 bits per heavy atom. The van der Waals surface area contributed by atoms with E-state index in [0.29, 0.717) is 5.69 Å². The maximum Gasteiger partial charge on any atom is 0.292 e. The molecule has 6 heteroatoms. The molecule has 1 heterocycles. The molecule has 0 bridgehead atoms. The summed E-state index contributed by atoms with van der Waals surface area (Å²) in [5.74, 6) is 0. The lowest BCUT2D eigenvalue weighted by Gasteiger charge is -2.26. The van der Waals surface area contributed by atoms with Crippen molar-refractivity contribution in [3.8, 4) is 0 Å². The molecule has 0 aromatic heterocycles. The highest BCUT2D eigenvalue weighted by molar-refractivity contribution is 5.62. The third-order valence-corrected chi connectivity index (χ3v) is 3.04. The van der Waals surface area contributed by atoms with Crippen molar-refractivity contribution >= 4 is 11.4 Å². The van der Waals surface area contributed by atoms with Crippen LogP contribution in [0.2, 0.25) is 0 Å². The number of hydrogen-bond donors (Lipinski definition) is 1. The van der Waals surface area contributed by atoms with Gasteiger partial charge in [-0.15, -0.1) is 0 Å². The molecule has 0 amide bonds. The third kappa shape index (κ3) is 2.96. The van der Waals surface area contributed by atoms with Gasteiger partial charge in [-0.25, -0.2) is 0 Å². The summed E-state index contributed by atoms with van der Waals surface area (Å²) in [4.78, 5) is 12.8. The summed E-state index contributed by atoms with van der Waals surface area (Å²) in [6.45, 7) is 3.95. The first-order valence-electron chi connectivity index (χ1n) is 5.96. The van der Waals surface area contributed by atoms with E-state index in [1.54, 1.807) is 19.2 Å². The molecule has 2 rings (SSSR count). The van der Waals surface area contributed by atoms with Crippen molar-refractivity contribution in [2.45, 2.75) is 6.54 Å². The summed E-state index contributed by atoms with van der Waals surface area (Å²) in [5, 5.41) is 13.8. The summed E-state index contributed by atoms with van der Waals surface area (Å²) in [5.41, 5.74) is 1.64. The largest absolute Gasteiger partial charge is 0.383 e. The minimum Gasteiger partial charge on any atom is -0.383 e. The molecule has 18 heavy (non-hydrogen) atoms. The van der Waals surface area contributed by atoms with Crippen molar-refractivity contribution in [2.75, 3.05) is 38.7 Å². The van der Waals surface area contributed by atoms with E-state index in [2.05, 4.69) is 10.2 Å². The number of morpholine rings is 1. The summed E-state index contributed by atoms with van der Waals surface area (Å²) in [6.07, 6.45) is 0. The molecule has 0 atom stereocenters. The number of anilines is 1. The van der Waals surface area contributed by atoms with Crippen molar-refractivity contribution in [3.05, 3.63) is 33.9 Å². The van der Waals surface area contributed by atoms with Gasteiger partial charge in [0, 0.05) is 32.7 Å². The molecule has 6 nitrogen and oxygen atoms in total. The van der Waals surface area contributed by atoms with Gasteiger partial charge < -0.3 is 10.1 Å². The van der Waals surface area contributed by atoms with Gasteiger partial charge in [-0.3, -0.25) is 15.0 Å². The Hall–Kier alpha value is -1.66. The zero-order valence-corrected chi connectivity index (χ0v) is 10.4. The van der Waals surface area contributed by atoms with Crippen LogP contribution in [0.5, 0.6) is 0 Å². The van der Waals surface area contributed by atoms with E-state index in [1.807, 2.05) is 6.07 Å². The number of ether oxygens (including phenoxy) is 1. The fraction of sp³-hybridized carbons (Fsp3) is 0.500. The SMILES string of the molecule is CNc1ccc(CN2CCOCC2)cc1[N+](=O)[O-]. The molecule has 1 aliphatic rings. The summed E-state index contributed by atoms with van der Waals surface area (Å²) in [6, 6.07) is 5.32. The third-order valence-electron chi connectivity index (χ3n) is 3.04. The maximum atomic E-state index is 11.0. The molecule has 1 aliphatic heterocycles. The van der Waals surface area contributed by atoms with Gasteiger partial charge in [0.25, 0.3) is 5.69 Å². The van der Waals surface area contributed by atoms with E-state index in [0.717, 1.165) is 38.4 Å². The average Bonchev–Trinajstić information content (AvgIpc) is 2.40. The smallest absolute Gasteiger partial charge is 0.292 e. The lowest BCUT2D eigenvalue weighted by molar-refractivity contribution is -0.384. The van der Waals surface area contributed by atoms with Crippen LogP contribution in [-0.4, -0.2) is 43.2 Å². The number of nitro groups is 1. The van der Waals surface area contributed by atoms with Crippen molar-refractivity contribution in [2.24, 2.45) is 0 Å². The molecular weight excluding hydrogens is 234 g/mol. The molecule has 0 radical (unpaired) electrons. The van der Waals surface area contributed by atoms with Crippen LogP contribution in [0.4, 0.5) is 11.4 Å². The second kappa shape index (κ2) is 5.79. The fourth-order valence-corrected chi connectivity index (χ4v) is 2.06. The molecule has 1 saturated heterocycles. The number of nitro benzene ring substituents is 1. The summed E-state index contributed by atoms with van der Waals surface area (Å²) < 4.78 is 5.28. The monoisotopic (exact) mass is 251 g/mol. The highest BCUT2D eigenvalue weighted by Gasteiger charge is 2.16.